The summed E-state index contributed by atoms with van der Waals surface area (Å²) in [5.74, 6) is 0. The maximum atomic E-state index is 11.2. The second-order valence-electron chi connectivity index (χ2n) is 2.80. The van der Waals surface area contributed by atoms with E-state index in [1.165, 1.54) is 35.5 Å². The molecule has 0 atom stereocenters. The first kappa shape index (κ1) is 9.97. The smallest absolute Gasteiger partial charge is 0.262 e. The minimum Gasteiger partial charge on any atom is -0.302 e. The second-order valence-corrected chi connectivity index (χ2v) is 4.46. The number of hydrogen-bond donors (Lipinski definition) is 2. The normalized spacial score (nSPS) is 11.8. The summed E-state index contributed by atoms with van der Waals surface area (Å²) in [6.07, 6.45) is 2.98. The van der Waals surface area contributed by atoms with Crippen LogP contribution in [0.5, 0.6) is 0 Å². The Hall–Kier alpha value is -1.57. The van der Waals surface area contributed by atoms with E-state index in [0.29, 0.717) is 11.0 Å². The van der Waals surface area contributed by atoms with Gasteiger partial charge in [-0.3, -0.25) is 9.97 Å². The van der Waals surface area contributed by atoms with E-state index in [0.717, 1.165) is 0 Å². The van der Waals surface area contributed by atoms with Crippen LogP contribution in [0.2, 0.25) is 0 Å². The number of aromatic nitrogens is 2. The molecular weight excluding hydrogens is 218 g/mol. The molecule has 1 heterocycles. The van der Waals surface area contributed by atoms with Gasteiger partial charge in [0.25, 0.3) is 10.0 Å². The third kappa shape index (κ3) is 1.80. The van der Waals surface area contributed by atoms with Crippen molar-refractivity contribution in [2.75, 3.05) is 0 Å². The van der Waals surface area contributed by atoms with E-state index < -0.39 is 10.0 Å². The van der Waals surface area contributed by atoms with Crippen LogP contribution >= 0.6 is 0 Å². The van der Waals surface area contributed by atoms with Crippen molar-refractivity contribution in [3.8, 4) is 0 Å². The predicted octanol–water partition coefficient (Wildman–Crippen LogP) is 0.297. The van der Waals surface area contributed by atoms with Gasteiger partial charge < -0.3 is 5.21 Å². The largest absolute Gasteiger partial charge is 0.302 e. The Morgan fingerprint density at radius 2 is 1.80 bits per heavy atom. The number of nitrogens with zero attached hydrogens (tertiary/aromatic N) is 2. The van der Waals surface area contributed by atoms with E-state index in [2.05, 4.69) is 9.97 Å². The fraction of sp³-hybridized carbons (Fsp3) is 0. The maximum absolute atomic E-state index is 11.2. The average Bonchev–Trinajstić information content (AvgIpc) is 2.28. The Kier molecular flexibility index (Phi) is 2.35. The molecule has 15 heavy (non-hydrogen) atoms. The SMILES string of the molecule is O=S(=O)(NO)c1ccc2nccnc2c1. The quantitative estimate of drug-likeness (QED) is 0.717. The van der Waals surface area contributed by atoms with Crippen LogP contribution in [0.25, 0.3) is 11.0 Å². The summed E-state index contributed by atoms with van der Waals surface area (Å²) < 4.78 is 22.5. The molecule has 6 nitrogen and oxygen atoms in total. The fourth-order valence-electron chi connectivity index (χ4n) is 1.16. The molecule has 0 aliphatic rings. The lowest BCUT2D eigenvalue weighted by Crippen LogP contribution is -2.19. The first-order valence-electron chi connectivity index (χ1n) is 4.00. The summed E-state index contributed by atoms with van der Waals surface area (Å²) in [6, 6.07) is 4.20. The van der Waals surface area contributed by atoms with Gasteiger partial charge in [0, 0.05) is 12.4 Å². The van der Waals surface area contributed by atoms with Crippen LogP contribution in [0.1, 0.15) is 0 Å². The van der Waals surface area contributed by atoms with Gasteiger partial charge in [-0.15, -0.1) is 0 Å². The van der Waals surface area contributed by atoms with Crippen LogP contribution in [0.15, 0.2) is 35.5 Å². The van der Waals surface area contributed by atoms with Crippen LogP contribution in [-0.2, 0) is 10.0 Å². The van der Waals surface area contributed by atoms with Gasteiger partial charge in [0.05, 0.1) is 15.9 Å². The van der Waals surface area contributed by atoms with E-state index in [1.54, 1.807) is 0 Å². The molecular formula is C8H7N3O3S. The first-order chi connectivity index (χ1) is 7.13. The molecule has 0 unspecified atom stereocenters. The average molecular weight is 225 g/mol. The predicted molar refractivity (Wildman–Crippen MR) is 51.6 cm³/mol. The molecule has 7 heteroatoms. The summed E-state index contributed by atoms with van der Waals surface area (Å²) >= 11 is 0. The molecule has 0 fully saturated rings. The van der Waals surface area contributed by atoms with Crippen molar-refractivity contribution < 1.29 is 13.6 Å². The molecule has 1 aromatic heterocycles. The topological polar surface area (TPSA) is 92.2 Å². The Morgan fingerprint density at radius 1 is 1.13 bits per heavy atom. The molecule has 1 aromatic carbocycles. The van der Waals surface area contributed by atoms with Crippen molar-refractivity contribution in [1.82, 2.24) is 14.9 Å². The van der Waals surface area contributed by atoms with Gasteiger partial charge in [0.1, 0.15) is 0 Å². The Bertz CT molecular complexity index is 597. The first-order valence-corrected chi connectivity index (χ1v) is 5.48. The van der Waals surface area contributed by atoms with Crippen LogP contribution < -0.4 is 4.89 Å². The van der Waals surface area contributed by atoms with Crippen molar-refractivity contribution in [1.29, 1.82) is 0 Å². The van der Waals surface area contributed by atoms with Crippen molar-refractivity contribution in [3.05, 3.63) is 30.6 Å². The zero-order valence-electron chi connectivity index (χ0n) is 7.45. The fourth-order valence-corrected chi connectivity index (χ4v) is 1.78. The van der Waals surface area contributed by atoms with Crippen LogP contribution in [0, 0.1) is 0 Å². The third-order valence-electron chi connectivity index (χ3n) is 1.87. The lowest BCUT2D eigenvalue weighted by molar-refractivity contribution is 0.242. The van der Waals surface area contributed by atoms with Gasteiger partial charge in [-0.25, -0.2) is 8.42 Å². The molecule has 78 valence electrons. The third-order valence-corrected chi connectivity index (χ3v) is 2.99. The number of sulfonamides is 1. The zero-order valence-corrected chi connectivity index (χ0v) is 8.27. The molecule has 0 aliphatic heterocycles. The van der Waals surface area contributed by atoms with E-state index in [4.69, 9.17) is 5.21 Å². The highest BCUT2D eigenvalue weighted by atomic mass is 32.2. The summed E-state index contributed by atoms with van der Waals surface area (Å²) in [4.78, 5) is 9.13. The second kappa shape index (κ2) is 3.54. The van der Waals surface area contributed by atoms with Gasteiger partial charge >= 0.3 is 0 Å². The molecule has 0 bridgehead atoms. The van der Waals surface area contributed by atoms with Gasteiger partial charge in [-0.05, 0) is 18.2 Å². The highest BCUT2D eigenvalue weighted by Gasteiger charge is 2.12. The molecule has 0 aliphatic carbocycles. The highest BCUT2D eigenvalue weighted by Crippen LogP contribution is 2.14. The van der Waals surface area contributed by atoms with Crippen molar-refractivity contribution >= 4 is 21.1 Å². The van der Waals surface area contributed by atoms with E-state index in [9.17, 15) is 8.42 Å². The van der Waals surface area contributed by atoms with Crippen LogP contribution in [-0.4, -0.2) is 23.6 Å². The Morgan fingerprint density at radius 3 is 2.47 bits per heavy atom. The summed E-state index contributed by atoms with van der Waals surface area (Å²) in [6.45, 7) is 0. The van der Waals surface area contributed by atoms with E-state index >= 15 is 0 Å². The van der Waals surface area contributed by atoms with Gasteiger partial charge in [0.15, 0.2) is 0 Å². The van der Waals surface area contributed by atoms with Crippen molar-refractivity contribution in [2.45, 2.75) is 4.90 Å². The summed E-state index contributed by atoms with van der Waals surface area (Å²) in [7, 11) is -3.85. The number of rotatable bonds is 2. The lowest BCUT2D eigenvalue weighted by atomic mass is 10.3. The summed E-state index contributed by atoms with van der Waals surface area (Å²) in [5.41, 5.74) is 1.04. The monoisotopic (exact) mass is 225 g/mol. The Balaban J connectivity index is 2.67. The molecule has 0 spiro atoms. The molecule has 0 radical (unpaired) electrons. The van der Waals surface area contributed by atoms with Gasteiger partial charge in [-0.2, -0.15) is 0 Å². The Labute approximate surface area is 85.6 Å². The standard InChI is InChI=1S/C8H7N3O3S/c12-11-15(13,14)6-1-2-7-8(5-6)10-4-3-9-7/h1-5,11-12H. The van der Waals surface area contributed by atoms with Crippen molar-refractivity contribution in [3.63, 3.8) is 0 Å². The number of nitrogens with one attached hydrogen (secondary N) is 1. The molecule has 0 saturated carbocycles. The van der Waals surface area contributed by atoms with Crippen molar-refractivity contribution in [2.24, 2.45) is 0 Å². The molecule has 2 aromatic rings. The van der Waals surface area contributed by atoms with Crippen LogP contribution in [0.3, 0.4) is 0 Å². The maximum Gasteiger partial charge on any atom is 0.262 e. The number of fused-ring (bicyclic) bond motifs is 1. The lowest BCUT2D eigenvalue weighted by Gasteiger charge is -2.01. The van der Waals surface area contributed by atoms with Crippen LogP contribution in [0.4, 0.5) is 0 Å². The van der Waals surface area contributed by atoms with Gasteiger partial charge in [-0.1, -0.05) is 4.89 Å². The molecule has 0 saturated heterocycles. The molecule has 2 rings (SSSR count). The highest BCUT2D eigenvalue weighted by molar-refractivity contribution is 7.89. The minimum atomic E-state index is -3.85. The minimum absolute atomic E-state index is 0.0574. The molecule has 2 N–H and O–H groups in total. The van der Waals surface area contributed by atoms with Gasteiger partial charge in [0.2, 0.25) is 0 Å². The molecule has 0 amide bonds. The zero-order chi connectivity index (χ0) is 10.9. The van der Waals surface area contributed by atoms with E-state index in [1.807, 2.05) is 0 Å². The number of benzene rings is 1. The summed E-state index contributed by atoms with van der Waals surface area (Å²) in [5, 5.41) is 8.45. The number of hydrogen-bond acceptors (Lipinski definition) is 5. The van der Waals surface area contributed by atoms with E-state index in [-0.39, 0.29) is 4.90 Å².